The van der Waals surface area contributed by atoms with Crippen LogP contribution in [0.25, 0.3) is 0 Å². The number of amides is 2. The summed E-state index contributed by atoms with van der Waals surface area (Å²) >= 11 is 0. The minimum atomic E-state index is -0.515. The van der Waals surface area contributed by atoms with Crippen LogP contribution < -0.4 is 10.1 Å². The van der Waals surface area contributed by atoms with Gasteiger partial charge in [-0.3, -0.25) is 0 Å². The predicted molar refractivity (Wildman–Crippen MR) is 105 cm³/mol. The molecular formula is C21H25FN2O4. The van der Waals surface area contributed by atoms with E-state index in [9.17, 15) is 14.0 Å². The summed E-state index contributed by atoms with van der Waals surface area (Å²) in [4.78, 5) is 26.1. The number of ether oxygens (including phenoxy) is 2. The number of nitrogens with zero attached hydrogens (tertiary/aromatic N) is 1. The van der Waals surface area contributed by atoms with Crippen molar-refractivity contribution in [1.82, 2.24) is 4.90 Å². The second-order valence-electron chi connectivity index (χ2n) is 6.44. The van der Waals surface area contributed by atoms with Gasteiger partial charge in [0.1, 0.15) is 11.6 Å². The highest BCUT2D eigenvalue weighted by Crippen LogP contribution is 2.28. The molecule has 150 valence electrons. The number of anilines is 1. The molecule has 2 amide bonds. The summed E-state index contributed by atoms with van der Waals surface area (Å²) in [5.74, 6) is -0.427. The van der Waals surface area contributed by atoms with E-state index in [1.54, 1.807) is 24.3 Å². The van der Waals surface area contributed by atoms with E-state index in [-0.39, 0.29) is 24.5 Å². The van der Waals surface area contributed by atoms with Gasteiger partial charge in [-0.15, -0.1) is 0 Å². The van der Waals surface area contributed by atoms with Crippen LogP contribution in [-0.2, 0) is 11.3 Å². The lowest BCUT2D eigenvalue weighted by molar-refractivity contribution is 0.0600. The number of nitrogens with one attached hydrogen (secondary N) is 1. The number of carbonyl (C=O) groups excluding carboxylic acids is 2. The van der Waals surface area contributed by atoms with Gasteiger partial charge in [-0.05, 0) is 56.7 Å². The molecule has 0 saturated carbocycles. The van der Waals surface area contributed by atoms with E-state index < -0.39 is 5.97 Å². The zero-order chi connectivity index (χ0) is 20.7. The molecule has 0 aliphatic heterocycles. The fourth-order valence-electron chi connectivity index (χ4n) is 2.61. The number of esters is 1. The maximum absolute atomic E-state index is 13.4. The van der Waals surface area contributed by atoms with Crippen LogP contribution in [0, 0.1) is 5.82 Å². The summed E-state index contributed by atoms with van der Waals surface area (Å²) in [5, 5.41) is 2.78. The van der Waals surface area contributed by atoms with Gasteiger partial charge in [0.05, 0.1) is 24.5 Å². The first kappa shape index (κ1) is 21.2. The summed E-state index contributed by atoms with van der Waals surface area (Å²) in [7, 11) is 1.29. The first-order valence-electron chi connectivity index (χ1n) is 9.03. The van der Waals surface area contributed by atoms with Gasteiger partial charge < -0.3 is 19.7 Å². The lowest BCUT2D eigenvalue weighted by Gasteiger charge is -2.23. The van der Waals surface area contributed by atoms with Crippen LogP contribution in [0.1, 0.15) is 36.7 Å². The molecule has 28 heavy (non-hydrogen) atoms. The van der Waals surface area contributed by atoms with E-state index in [1.807, 2.05) is 20.8 Å². The maximum Gasteiger partial charge on any atom is 0.337 e. The second-order valence-corrected chi connectivity index (χ2v) is 6.44. The molecule has 1 N–H and O–H groups in total. The molecule has 2 aromatic carbocycles. The molecule has 2 rings (SSSR count). The Morgan fingerprint density at radius 3 is 2.54 bits per heavy atom. The molecule has 6 nitrogen and oxygen atoms in total. The van der Waals surface area contributed by atoms with E-state index in [1.165, 1.54) is 30.2 Å². The van der Waals surface area contributed by atoms with Crippen LogP contribution in [0.3, 0.4) is 0 Å². The first-order chi connectivity index (χ1) is 13.3. The molecular weight excluding hydrogens is 363 g/mol. The number of urea groups is 1. The van der Waals surface area contributed by atoms with Crippen molar-refractivity contribution >= 4 is 17.7 Å². The SMILES string of the molecule is CCN(Cc1cccc(F)c1)C(=O)Nc1cc(C(=O)OC)ccc1OC(C)C. The summed E-state index contributed by atoms with van der Waals surface area (Å²) in [6.07, 6.45) is -0.116. The molecule has 0 atom stereocenters. The molecule has 0 saturated heterocycles. The number of rotatable bonds is 7. The number of halogens is 1. The molecule has 7 heteroatoms. The van der Waals surface area contributed by atoms with Crippen LogP contribution in [0.15, 0.2) is 42.5 Å². The van der Waals surface area contributed by atoms with Gasteiger partial charge in [0.2, 0.25) is 0 Å². The molecule has 0 aliphatic rings. The zero-order valence-corrected chi connectivity index (χ0v) is 16.5. The smallest absolute Gasteiger partial charge is 0.337 e. The fourth-order valence-corrected chi connectivity index (χ4v) is 2.61. The van der Waals surface area contributed by atoms with Crippen molar-refractivity contribution in [2.24, 2.45) is 0 Å². The summed E-state index contributed by atoms with van der Waals surface area (Å²) < 4.78 is 23.9. The molecule has 0 aromatic heterocycles. The largest absolute Gasteiger partial charge is 0.489 e. The molecule has 0 bridgehead atoms. The van der Waals surface area contributed by atoms with Gasteiger partial charge in [-0.2, -0.15) is 0 Å². The van der Waals surface area contributed by atoms with Crippen LogP contribution >= 0.6 is 0 Å². The lowest BCUT2D eigenvalue weighted by atomic mass is 10.2. The number of hydrogen-bond donors (Lipinski definition) is 1. The quantitative estimate of drug-likeness (QED) is 0.712. The molecule has 0 spiro atoms. The summed E-state index contributed by atoms with van der Waals surface area (Å²) in [6.45, 7) is 6.22. The maximum atomic E-state index is 13.4. The van der Waals surface area contributed by atoms with Crippen molar-refractivity contribution < 1.29 is 23.5 Å². The Morgan fingerprint density at radius 2 is 1.93 bits per heavy atom. The zero-order valence-electron chi connectivity index (χ0n) is 16.5. The van der Waals surface area contributed by atoms with Crippen LogP contribution in [0.4, 0.5) is 14.9 Å². The lowest BCUT2D eigenvalue weighted by Crippen LogP contribution is -2.34. The van der Waals surface area contributed by atoms with E-state index >= 15 is 0 Å². The highest BCUT2D eigenvalue weighted by Gasteiger charge is 2.17. The highest BCUT2D eigenvalue weighted by atomic mass is 19.1. The predicted octanol–water partition coefficient (Wildman–Crippen LogP) is 4.45. The topological polar surface area (TPSA) is 67.9 Å². The number of methoxy groups -OCH3 is 1. The third kappa shape index (κ3) is 5.70. The van der Waals surface area contributed by atoms with Gasteiger partial charge in [-0.25, -0.2) is 14.0 Å². The molecule has 0 unspecified atom stereocenters. The van der Waals surface area contributed by atoms with Crippen molar-refractivity contribution in [3.8, 4) is 5.75 Å². The van der Waals surface area contributed by atoms with Crippen LogP contribution in [0.5, 0.6) is 5.75 Å². The summed E-state index contributed by atoms with van der Waals surface area (Å²) in [5.41, 5.74) is 1.33. The van der Waals surface area contributed by atoms with E-state index in [0.29, 0.717) is 29.1 Å². The summed E-state index contributed by atoms with van der Waals surface area (Å²) in [6, 6.07) is 10.4. The van der Waals surface area contributed by atoms with Crippen molar-refractivity contribution in [1.29, 1.82) is 0 Å². The number of hydrogen-bond acceptors (Lipinski definition) is 4. The Bertz CT molecular complexity index is 839. The Morgan fingerprint density at radius 1 is 1.18 bits per heavy atom. The Labute approximate surface area is 164 Å². The molecule has 2 aromatic rings. The van der Waals surface area contributed by atoms with E-state index in [0.717, 1.165) is 0 Å². The highest BCUT2D eigenvalue weighted by molar-refractivity contribution is 5.95. The molecule has 0 fully saturated rings. The van der Waals surface area contributed by atoms with Gasteiger partial charge in [-0.1, -0.05) is 12.1 Å². The van der Waals surface area contributed by atoms with Gasteiger partial charge in [0.25, 0.3) is 0 Å². The normalized spacial score (nSPS) is 10.5. The Hall–Kier alpha value is -3.09. The molecule has 0 radical (unpaired) electrons. The second kappa shape index (κ2) is 9.73. The minimum absolute atomic E-state index is 0.116. The average Bonchev–Trinajstić information content (AvgIpc) is 2.66. The van der Waals surface area contributed by atoms with Gasteiger partial charge in [0.15, 0.2) is 0 Å². The third-order valence-corrected chi connectivity index (χ3v) is 3.94. The molecule has 0 heterocycles. The number of carbonyl (C=O) groups is 2. The van der Waals surface area contributed by atoms with E-state index in [4.69, 9.17) is 9.47 Å². The third-order valence-electron chi connectivity index (χ3n) is 3.94. The van der Waals surface area contributed by atoms with Crippen molar-refractivity contribution in [2.45, 2.75) is 33.4 Å². The van der Waals surface area contributed by atoms with Gasteiger partial charge >= 0.3 is 12.0 Å². The van der Waals surface area contributed by atoms with Crippen molar-refractivity contribution in [3.63, 3.8) is 0 Å². The monoisotopic (exact) mass is 388 g/mol. The fraction of sp³-hybridized carbons (Fsp3) is 0.333. The number of benzene rings is 2. The van der Waals surface area contributed by atoms with Gasteiger partial charge in [0, 0.05) is 13.1 Å². The standard InChI is InChI=1S/C21H25FN2O4/c1-5-24(13-15-7-6-8-17(22)11-15)21(26)23-18-12-16(20(25)27-4)9-10-19(18)28-14(2)3/h6-12,14H,5,13H2,1-4H3,(H,23,26). The Balaban J connectivity index is 2.24. The van der Waals surface area contributed by atoms with E-state index in [2.05, 4.69) is 5.32 Å². The molecule has 0 aliphatic carbocycles. The minimum Gasteiger partial charge on any atom is -0.489 e. The van der Waals surface area contributed by atoms with Crippen LogP contribution in [-0.4, -0.2) is 36.7 Å². The van der Waals surface area contributed by atoms with Crippen LogP contribution in [0.2, 0.25) is 0 Å². The van der Waals surface area contributed by atoms with Crippen molar-refractivity contribution in [3.05, 3.63) is 59.4 Å². The van der Waals surface area contributed by atoms with Crippen molar-refractivity contribution in [2.75, 3.05) is 19.0 Å². The Kier molecular flexibility index (Phi) is 7.37. The first-order valence-corrected chi connectivity index (χ1v) is 9.03. The average molecular weight is 388 g/mol.